The van der Waals surface area contributed by atoms with Crippen LogP contribution in [-0.2, 0) is 4.74 Å². The van der Waals surface area contributed by atoms with Crippen LogP contribution < -0.4 is 9.47 Å². The van der Waals surface area contributed by atoms with Gasteiger partial charge in [-0.05, 0) is 17.2 Å². The molecule has 1 aliphatic rings. The van der Waals surface area contributed by atoms with E-state index in [-0.39, 0.29) is 0 Å². The fraction of sp³-hybridized carbons (Fsp3) is 0.400. The summed E-state index contributed by atoms with van der Waals surface area (Å²) in [5.74, 6) is 1.42. The predicted molar refractivity (Wildman–Crippen MR) is 97.2 cm³/mol. The second-order valence-corrected chi connectivity index (χ2v) is 6.09. The molecule has 1 N–H and O–H groups in total. The molecule has 5 nitrogen and oxygen atoms in total. The van der Waals surface area contributed by atoms with Crippen LogP contribution >= 0.6 is 0 Å². The Balaban J connectivity index is 1.76. The van der Waals surface area contributed by atoms with Crippen molar-refractivity contribution in [1.29, 1.82) is 0 Å². The third-order valence-electron chi connectivity index (χ3n) is 4.54. The summed E-state index contributed by atoms with van der Waals surface area (Å²) in [4.78, 5) is 2.23. The molecule has 5 heteroatoms. The lowest BCUT2D eigenvalue weighted by Gasteiger charge is -2.28. The third-order valence-corrected chi connectivity index (χ3v) is 4.54. The summed E-state index contributed by atoms with van der Waals surface area (Å²) < 4.78 is 16.2. The van der Waals surface area contributed by atoms with Gasteiger partial charge in [0, 0.05) is 25.2 Å². The summed E-state index contributed by atoms with van der Waals surface area (Å²) in [5, 5.41) is 10.5. The monoisotopic (exact) mass is 343 g/mol. The van der Waals surface area contributed by atoms with Crippen LogP contribution in [0.4, 0.5) is 0 Å². The number of aliphatic hydroxyl groups excluding tert-OH is 1. The molecule has 2 aromatic rings. The Labute approximate surface area is 148 Å². The standard InChI is InChI=1S/C20H25NO4/c1-23-19-5-3-4-17(20(19)24-2)15-6-8-16(9-7-15)18(22)14-21-10-12-25-13-11-21/h3-9,18,22H,10-14H2,1-2H3/t18-/m0/s1. The molecule has 1 saturated heterocycles. The summed E-state index contributed by atoms with van der Waals surface area (Å²) >= 11 is 0. The number of aliphatic hydroxyl groups is 1. The number of nitrogens with zero attached hydrogens (tertiary/aromatic N) is 1. The summed E-state index contributed by atoms with van der Waals surface area (Å²) in [6, 6.07) is 13.8. The highest BCUT2D eigenvalue weighted by Gasteiger charge is 2.17. The van der Waals surface area contributed by atoms with E-state index < -0.39 is 6.10 Å². The first-order valence-electron chi connectivity index (χ1n) is 8.52. The molecule has 0 radical (unpaired) electrons. The molecule has 1 aliphatic heterocycles. The number of hydrogen-bond acceptors (Lipinski definition) is 5. The Hall–Kier alpha value is -2.08. The van der Waals surface area contributed by atoms with Crippen molar-refractivity contribution < 1.29 is 19.3 Å². The first kappa shape index (κ1) is 17.7. The Bertz CT molecular complexity index is 681. The van der Waals surface area contributed by atoms with E-state index in [1.54, 1.807) is 14.2 Å². The molecular weight excluding hydrogens is 318 g/mol. The number of hydrogen-bond donors (Lipinski definition) is 1. The topological polar surface area (TPSA) is 51.2 Å². The van der Waals surface area contributed by atoms with Crippen LogP contribution in [0.25, 0.3) is 11.1 Å². The molecule has 0 aliphatic carbocycles. The van der Waals surface area contributed by atoms with Crippen molar-refractivity contribution in [2.75, 3.05) is 47.1 Å². The van der Waals surface area contributed by atoms with E-state index in [1.165, 1.54) is 0 Å². The quantitative estimate of drug-likeness (QED) is 0.874. The van der Waals surface area contributed by atoms with Crippen molar-refractivity contribution in [2.45, 2.75) is 6.10 Å². The first-order chi connectivity index (χ1) is 12.2. The Morgan fingerprint density at radius 2 is 1.76 bits per heavy atom. The molecule has 1 fully saturated rings. The summed E-state index contributed by atoms with van der Waals surface area (Å²) in [6.07, 6.45) is -0.501. The smallest absolute Gasteiger partial charge is 0.168 e. The van der Waals surface area contributed by atoms with Gasteiger partial charge in [0.25, 0.3) is 0 Å². The van der Waals surface area contributed by atoms with E-state index >= 15 is 0 Å². The molecule has 0 unspecified atom stereocenters. The van der Waals surface area contributed by atoms with E-state index in [0.717, 1.165) is 43.0 Å². The molecule has 0 amide bonds. The first-order valence-corrected chi connectivity index (χ1v) is 8.52. The molecule has 25 heavy (non-hydrogen) atoms. The lowest BCUT2D eigenvalue weighted by atomic mass is 10.0. The van der Waals surface area contributed by atoms with E-state index in [0.29, 0.717) is 18.0 Å². The fourth-order valence-corrected chi connectivity index (χ4v) is 3.13. The molecule has 0 bridgehead atoms. The largest absolute Gasteiger partial charge is 0.493 e. The van der Waals surface area contributed by atoms with Gasteiger partial charge in [-0.1, -0.05) is 36.4 Å². The average molecular weight is 343 g/mol. The van der Waals surface area contributed by atoms with Crippen LogP contribution in [0.15, 0.2) is 42.5 Å². The van der Waals surface area contributed by atoms with Crippen molar-refractivity contribution in [3.8, 4) is 22.6 Å². The molecule has 0 saturated carbocycles. The van der Waals surface area contributed by atoms with Crippen molar-refractivity contribution in [1.82, 2.24) is 4.90 Å². The van der Waals surface area contributed by atoms with Crippen LogP contribution in [0.1, 0.15) is 11.7 Å². The molecular formula is C20H25NO4. The number of β-amino-alcohol motifs (C(OH)–C–C–N with tert-alkyl or cyclic N) is 1. The van der Waals surface area contributed by atoms with Gasteiger partial charge in [0.1, 0.15) is 0 Å². The maximum Gasteiger partial charge on any atom is 0.168 e. The fourth-order valence-electron chi connectivity index (χ4n) is 3.13. The minimum absolute atomic E-state index is 0.501. The van der Waals surface area contributed by atoms with E-state index in [1.807, 2.05) is 42.5 Å². The van der Waals surface area contributed by atoms with Crippen molar-refractivity contribution in [3.05, 3.63) is 48.0 Å². The summed E-state index contributed by atoms with van der Waals surface area (Å²) in [7, 11) is 3.27. The summed E-state index contributed by atoms with van der Waals surface area (Å²) in [6.45, 7) is 3.85. The maximum absolute atomic E-state index is 10.5. The van der Waals surface area contributed by atoms with Crippen LogP contribution in [0.5, 0.6) is 11.5 Å². The predicted octanol–water partition coefficient (Wildman–Crippen LogP) is 2.74. The SMILES string of the molecule is COc1cccc(-c2ccc([C@@H](O)CN3CCOCC3)cc2)c1OC. The van der Waals surface area contributed by atoms with Gasteiger partial charge in [-0.15, -0.1) is 0 Å². The Kier molecular flexibility index (Phi) is 5.91. The van der Waals surface area contributed by atoms with E-state index in [4.69, 9.17) is 14.2 Å². The lowest BCUT2D eigenvalue weighted by molar-refractivity contribution is 0.0143. The van der Waals surface area contributed by atoms with E-state index in [2.05, 4.69) is 4.90 Å². The molecule has 0 spiro atoms. The zero-order valence-electron chi connectivity index (χ0n) is 14.8. The van der Waals surface area contributed by atoms with Gasteiger partial charge < -0.3 is 19.3 Å². The molecule has 1 heterocycles. The molecule has 1 atom stereocenters. The van der Waals surface area contributed by atoms with Gasteiger partial charge >= 0.3 is 0 Å². The molecule has 3 rings (SSSR count). The van der Waals surface area contributed by atoms with Gasteiger partial charge in [0.05, 0.1) is 33.5 Å². The molecule has 2 aromatic carbocycles. The summed E-state index contributed by atoms with van der Waals surface area (Å²) in [5.41, 5.74) is 2.91. The Morgan fingerprint density at radius 1 is 1.04 bits per heavy atom. The maximum atomic E-state index is 10.5. The zero-order valence-corrected chi connectivity index (χ0v) is 14.8. The highest BCUT2D eigenvalue weighted by Crippen LogP contribution is 2.38. The highest BCUT2D eigenvalue weighted by molar-refractivity contribution is 5.74. The van der Waals surface area contributed by atoms with Crippen LogP contribution in [-0.4, -0.2) is 57.1 Å². The number of methoxy groups -OCH3 is 2. The Morgan fingerprint density at radius 3 is 2.40 bits per heavy atom. The number of benzene rings is 2. The lowest BCUT2D eigenvalue weighted by Crippen LogP contribution is -2.38. The second kappa shape index (κ2) is 8.34. The van der Waals surface area contributed by atoms with Crippen molar-refractivity contribution in [2.24, 2.45) is 0 Å². The number of rotatable bonds is 6. The van der Waals surface area contributed by atoms with Crippen molar-refractivity contribution in [3.63, 3.8) is 0 Å². The normalized spacial score (nSPS) is 16.4. The minimum atomic E-state index is -0.501. The van der Waals surface area contributed by atoms with Gasteiger partial charge in [-0.25, -0.2) is 0 Å². The molecule has 0 aromatic heterocycles. The van der Waals surface area contributed by atoms with Gasteiger partial charge in [0.2, 0.25) is 0 Å². The van der Waals surface area contributed by atoms with Gasteiger partial charge in [0.15, 0.2) is 11.5 Å². The van der Waals surface area contributed by atoms with Crippen molar-refractivity contribution >= 4 is 0 Å². The number of para-hydroxylation sites is 1. The van der Waals surface area contributed by atoms with Crippen LogP contribution in [0, 0.1) is 0 Å². The van der Waals surface area contributed by atoms with Gasteiger partial charge in [-0.3, -0.25) is 4.90 Å². The van der Waals surface area contributed by atoms with E-state index in [9.17, 15) is 5.11 Å². The minimum Gasteiger partial charge on any atom is -0.493 e. The zero-order chi connectivity index (χ0) is 17.6. The number of morpholine rings is 1. The average Bonchev–Trinajstić information content (AvgIpc) is 2.68. The highest BCUT2D eigenvalue weighted by atomic mass is 16.5. The second-order valence-electron chi connectivity index (χ2n) is 6.09. The van der Waals surface area contributed by atoms with Crippen LogP contribution in [0.2, 0.25) is 0 Å². The molecule has 134 valence electrons. The number of ether oxygens (including phenoxy) is 3. The third kappa shape index (κ3) is 4.12. The van der Waals surface area contributed by atoms with Gasteiger partial charge in [-0.2, -0.15) is 0 Å². The van der Waals surface area contributed by atoms with Crippen LogP contribution in [0.3, 0.4) is 0 Å².